The normalized spacial score (nSPS) is 19.2. The third-order valence-electron chi connectivity index (χ3n) is 4.52. The van der Waals surface area contributed by atoms with Crippen LogP contribution in [0.4, 0.5) is 5.69 Å². The number of esters is 1. The van der Waals surface area contributed by atoms with Crippen LogP contribution in [0.5, 0.6) is 0 Å². The first kappa shape index (κ1) is 16.8. The smallest absolute Gasteiger partial charge is 0.344 e. The number of allylic oxidation sites excluding steroid dienone is 1. The summed E-state index contributed by atoms with van der Waals surface area (Å²) in [5.74, 6) is 1.06. The number of carbonyl (C=O) groups is 1. The molecular weight excluding hydrogens is 346 g/mol. The van der Waals surface area contributed by atoms with Gasteiger partial charge in [0.15, 0.2) is 5.76 Å². The Labute approximate surface area is 156 Å². The van der Waals surface area contributed by atoms with E-state index < -0.39 is 5.97 Å². The lowest BCUT2D eigenvalue weighted by molar-refractivity contribution is 0.0598. The number of anilines is 1. The van der Waals surface area contributed by atoms with Gasteiger partial charge in [0.2, 0.25) is 0 Å². The second kappa shape index (κ2) is 6.96. The fraction of sp³-hybridized carbons (Fsp3) is 0.250. The van der Waals surface area contributed by atoms with Crippen LogP contribution < -0.4 is 4.90 Å². The number of pyridine rings is 1. The number of aliphatic imine (C=N–C) groups is 1. The molecule has 132 valence electrons. The fourth-order valence-electron chi connectivity index (χ4n) is 3.32. The van der Waals surface area contributed by atoms with Crippen LogP contribution in [-0.4, -0.2) is 28.6 Å². The molecule has 2 aliphatic heterocycles. The minimum atomic E-state index is -0.396. The van der Waals surface area contributed by atoms with E-state index in [2.05, 4.69) is 27.0 Å². The molecular formula is C20H19N3O2S. The lowest BCUT2D eigenvalue weighted by Crippen LogP contribution is -2.39. The predicted octanol–water partition coefficient (Wildman–Crippen LogP) is 4.27. The molecule has 0 saturated heterocycles. The van der Waals surface area contributed by atoms with Crippen LogP contribution in [0, 0.1) is 0 Å². The molecule has 0 N–H and O–H groups in total. The van der Waals surface area contributed by atoms with E-state index in [4.69, 9.17) is 4.74 Å². The molecule has 0 aliphatic carbocycles. The highest BCUT2D eigenvalue weighted by Crippen LogP contribution is 2.42. The van der Waals surface area contributed by atoms with E-state index in [1.165, 1.54) is 16.8 Å². The Bertz CT molecular complexity index is 908. The summed E-state index contributed by atoms with van der Waals surface area (Å²) in [6, 6.07) is 11.7. The number of ether oxygens (including phenoxy) is 1. The van der Waals surface area contributed by atoms with Crippen LogP contribution in [0.2, 0.25) is 0 Å². The molecule has 0 spiro atoms. The molecule has 0 fully saturated rings. The van der Waals surface area contributed by atoms with E-state index in [1.807, 2.05) is 26.0 Å². The van der Waals surface area contributed by atoms with Crippen molar-refractivity contribution in [1.29, 1.82) is 0 Å². The second-order valence-corrected chi connectivity index (χ2v) is 7.35. The number of nitrogens with zero attached hydrogens (tertiary/aromatic N) is 3. The third-order valence-corrected chi connectivity index (χ3v) is 5.58. The maximum Gasteiger partial charge on any atom is 0.344 e. The van der Waals surface area contributed by atoms with E-state index >= 15 is 0 Å². The number of thioether (sulfide) groups is 1. The van der Waals surface area contributed by atoms with Crippen molar-refractivity contribution in [3.8, 4) is 0 Å². The Kier molecular flexibility index (Phi) is 4.51. The van der Waals surface area contributed by atoms with E-state index in [-0.39, 0.29) is 6.04 Å². The Balaban J connectivity index is 1.66. The number of rotatable bonds is 3. The molecule has 6 heteroatoms. The van der Waals surface area contributed by atoms with Crippen LogP contribution in [0.25, 0.3) is 0 Å². The molecule has 2 aromatic rings. The molecule has 1 aromatic carbocycles. The van der Waals surface area contributed by atoms with Gasteiger partial charge in [0.1, 0.15) is 0 Å². The molecule has 0 saturated carbocycles. The van der Waals surface area contributed by atoms with Gasteiger partial charge in [0.05, 0.1) is 28.9 Å². The summed E-state index contributed by atoms with van der Waals surface area (Å²) in [5, 5.41) is 0. The van der Waals surface area contributed by atoms with Crippen molar-refractivity contribution in [2.24, 2.45) is 4.99 Å². The first-order valence-electron chi connectivity index (χ1n) is 8.49. The maximum atomic E-state index is 12.6. The van der Waals surface area contributed by atoms with Crippen molar-refractivity contribution in [2.45, 2.75) is 31.2 Å². The van der Waals surface area contributed by atoms with Crippen molar-refractivity contribution in [3.05, 3.63) is 65.8 Å². The number of para-hydroxylation sites is 1. The van der Waals surface area contributed by atoms with Gasteiger partial charge in [-0.2, -0.15) is 0 Å². The third kappa shape index (κ3) is 3.12. The molecule has 1 aromatic heterocycles. The maximum absolute atomic E-state index is 12.6. The molecule has 26 heavy (non-hydrogen) atoms. The molecule has 1 atom stereocenters. The summed E-state index contributed by atoms with van der Waals surface area (Å²) in [4.78, 5) is 24.7. The summed E-state index contributed by atoms with van der Waals surface area (Å²) in [5.41, 5.74) is 3.42. The average molecular weight is 365 g/mol. The Morgan fingerprint density at radius 3 is 2.88 bits per heavy atom. The summed E-state index contributed by atoms with van der Waals surface area (Å²) in [7, 11) is 0. The Morgan fingerprint density at radius 1 is 1.23 bits per heavy atom. The van der Waals surface area contributed by atoms with Crippen molar-refractivity contribution >= 4 is 29.1 Å². The van der Waals surface area contributed by atoms with E-state index in [0.29, 0.717) is 11.3 Å². The van der Waals surface area contributed by atoms with Crippen molar-refractivity contribution < 1.29 is 9.53 Å². The first-order chi connectivity index (χ1) is 12.6. The summed E-state index contributed by atoms with van der Waals surface area (Å²) < 4.78 is 5.82. The van der Waals surface area contributed by atoms with Crippen LogP contribution >= 0.6 is 11.8 Å². The van der Waals surface area contributed by atoms with Crippen LogP contribution in [0.15, 0.2) is 70.1 Å². The minimum absolute atomic E-state index is 0.0377. The van der Waals surface area contributed by atoms with E-state index in [1.54, 1.807) is 30.1 Å². The zero-order valence-electron chi connectivity index (χ0n) is 14.7. The summed E-state index contributed by atoms with van der Waals surface area (Å²) in [6.07, 6.45) is 3.89. The highest BCUT2D eigenvalue weighted by atomic mass is 32.2. The van der Waals surface area contributed by atoms with Crippen molar-refractivity contribution in [3.63, 3.8) is 0 Å². The van der Waals surface area contributed by atoms with Crippen LogP contribution in [0.3, 0.4) is 0 Å². The molecule has 3 heterocycles. The molecule has 0 bridgehead atoms. The topological polar surface area (TPSA) is 54.8 Å². The lowest BCUT2D eigenvalue weighted by atomic mass is 10.0. The van der Waals surface area contributed by atoms with Crippen molar-refractivity contribution in [2.75, 3.05) is 10.8 Å². The van der Waals surface area contributed by atoms with Gasteiger partial charge in [-0.3, -0.25) is 9.98 Å². The number of fused-ring (bicyclic) bond motifs is 1. The molecule has 5 nitrogen and oxygen atoms in total. The number of aromatic nitrogens is 1. The van der Waals surface area contributed by atoms with Gasteiger partial charge in [0.25, 0.3) is 0 Å². The first-order valence-corrected chi connectivity index (χ1v) is 9.47. The molecule has 4 rings (SSSR count). The zero-order chi connectivity index (χ0) is 18.1. The number of hydrogen-bond acceptors (Lipinski definition) is 6. The zero-order valence-corrected chi connectivity index (χ0v) is 15.5. The monoisotopic (exact) mass is 365 g/mol. The molecule has 1 unspecified atom stereocenters. The quantitative estimate of drug-likeness (QED) is 0.760. The van der Waals surface area contributed by atoms with Gasteiger partial charge in [-0.1, -0.05) is 12.1 Å². The molecule has 2 aliphatic rings. The summed E-state index contributed by atoms with van der Waals surface area (Å²) >= 11 is 1.80. The van der Waals surface area contributed by atoms with Crippen LogP contribution in [-0.2, 0) is 4.74 Å². The fourth-order valence-corrected chi connectivity index (χ4v) is 4.42. The van der Waals surface area contributed by atoms with E-state index in [0.717, 1.165) is 23.7 Å². The van der Waals surface area contributed by atoms with Crippen molar-refractivity contribution in [1.82, 2.24) is 4.98 Å². The van der Waals surface area contributed by atoms with Gasteiger partial charge in [0, 0.05) is 29.4 Å². The molecule has 0 radical (unpaired) electrons. The SMILES string of the molecule is CC1=NC(C)=C(OC(=O)c2cccnc2)C(N2CSc3ccccc32)C1. The Morgan fingerprint density at radius 2 is 2.08 bits per heavy atom. The minimum Gasteiger partial charge on any atom is -0.423 e. The van der Waals surface area contributed by atoms with Gasteiger partial charge in [-0.05, 0) is 38.1 Å². The largest absolute Gasteiger partial charge is 0.423 e. The average Bonchev–Trinajstić information content (AvgIpc) is 3.08. The summed E-state index contributed by atoms with van der Waals surface area (Å²) in [6.45, 7) is 3.92. The highest BCUT2D eigenvalue weighted by Gasteiger charge is 2.34. The lowest BCUT2D eigenvalue weighted by Gasteiger charge is -2.33. The van der Waals surface area contributed by atoms with Gasteiger partial charge in [-0.25, -0.2) is 4.79 Å². The number of benzene rings is 1. The second-order valence-electron chi connectivity index (χ2n) is 6.36. The number of hydrogen-bond donors (Lipinski definition) is 0. The Hall–Kier alpha value is -2.60. The standard InChI is InChI=1S/C20H19N3O2S/c1-13-10-17(23-12-26-18-8-4-3-7-16(18)23)19(14(2)22-13)25-20(24)15-6-5-9-21-11-15/h3-9,11,17H,10,12H2,1-2H3. The van der Waals surface area contributed by atoms with Gasteiger partial charge in [-0.15, -0.1) is 11.8 Å². The molecule has 0 amide bonds. The highest BCUT2D eigenvalue weighted by molar-refractivity contribution is 7.99. The van der Waals surface area contributed by atoms with Crippen LogP contribution in [0.1, 0.15) is 30.6 Å². The number of carbonyl (C=O) groups excluding carboxylic acids is 1. The predicted molar refractivity (Wildman–Crippen MR) is 104 cm³/mol. The van der Waals surface area contributed by atoms with E-state index in [9.17, 15) is 4.79 Å². The van der Waals surface area contributed by atoms with Gasteiger partial charge < -0.3 is 9.64 Å². The van der Waals surface area contributed by atoms with Gasteiger partial charge >= 0.3 is 5.97 Å².